The normalized spacial score (nSPS) is 22.0. The molecule has 0 aliphatic heterocycles. The van der Waals surface area contributed by atoms with Gasteiger partial charge in [0.2, 0.25) is 0 Å². The molecular formula is C15H22N2O4. The number of aliphatic hydroxyl groups is 1. The summed E-state index contributed by atoms with van der Waals surface area (Å²) in [5.41, 5.74) is 1.66. The van der Waals surface area contributed by atoms with Crippen LogP contribution in [0.5, 0.6) is 0 Å². The maximum absolute atomic E-state index is 10.8. The number of methoxy groups -OCH3 is 1. The summed E-state index contributed by atoms with van der Waals surface area (Å²) in [5, 5.41) is 24.1. The van der Waals surface area contributed by atoms with E-state index < -0.39 is 4.92 Å². The lowest BCUT2D eigenvalue weighted by molar-refractivity contribution is -0.384. The first-order chi connectivity index (χ1) is 10.1. The lowest BCUT2D eigenvalue weighted by Crippen LogP contribution is -2.30. The van der Waals surface area contributed by atoms with Gasteiger partial charge in [-0.25, -0.2) is 0 Å². The van der Waals surface area contributed by atoms with E-state index in [4.69, 9.17) is 4.74 Å². The molecule has 1 saturated carbocycles. The highest BCUT2D eigenvalue weighted by Gasteiger charge is 2.23. The number of nitrogens with one attached hydrogen (secondary N) is 1. The van der Waals surface area contributed by atoms with E-state index >= 15 is 0 Å². The number of rotatable bonds is 6. The summed E-state index contributed by atoms with van der Waals surface area (Å²) in [4.78, 5) is 10.4. The molecule has 0 heterocycles. The average molecular weight is 294 g/mol. The summed E-state index contributed by atoms with van der Waals surface area (Å²) in [6.07, 6.45) is 3.85. The molecule has 6 nitrogen and oxygen atoms in total. The quantitative estimate of drug-likeness (QED) is 0.622. The van der Waals surface area contributed by atoms with Crippen molar-refractivity contribution in [2.24, 2.45) is 5.92 Å². The Balaban J connectivity index is 2.05. The molecule has 0 unspecified atom stereocenters. The van der Waals surface area contributed by atoms with Gasteiger partial charge in [-0.1, -0.05) is 12.8 Å². The highest BCUT2D eigenvalue weighted by molar-refractivity contribution is 5.55. The molecule has 6 heteroatoms. The van der Waals surface area contributed by atoms with E-state index in [2.05, 4.69) is 5.32 Å². The molecule has 0 amide bonds. The number of hydrogen-bond acceptors (Lipinski definition) is 5. The van der Waals surface area contributed by atoms with Gasteiger partial charge in [-0.3, -0.25) is 10.1 Å². The highest BCUT2D eigenvalue weighted by atomic mass is 16.6. The Hall–Kier alpha value is -1.66. The zero-order valence-electron chi connectivity index (χ0n) is 12.2. The van der Waals surface area contributed by atoms with Crippen molar-refractivity contribution >= 4 is 11.4 Å². The van der Waals surface area contributed by atoms with E-state index in [1.807, 2.05) is 0 Å². The Morgan fingerprint density at radius 2 is 2.19 bits per heavy atom. The molecule has 1 aliphatic carbocycles. The van der Waals surface area contributed by atoms with Gasteiger partial charge >= 0.3 is 0 Å². The molecular weight excluding hydrogens is 272 g/mol. The Kier molecular flexibility index (Phi) is 5.52. The van der Waals surface area contributed by atoms with Crippen LogP contribution in [0.15, 0.2) is 18.2 Å². The second-order valence-corrected chi connectivity index (χ2v) is 5.52. The first-order valence-corrected chi connectivity index (χ1v) is 7.30. The van der Waals surface area contributed by atoms with Crippen LogP contribution in [0.3, 0.4) is 0 Å². The molecule has 0 spiro atoms. The van der Waals surface area contributed by atoms with Crippen LogP contribution >= 0.6 is 0 Å². The molecule has 116 valence electrons. The van der Waals surface area contributed by atoms with Crippen LogP contribution in [0.25, 0.3) is 0 Å². The fourth-order valence-corrected chi connectivity index (χ4v) is 2.81. The van der Waals surface area contributed by atoms with E-state index in [-0.39, 0.29) is 17.7 Å². The molecule has 1 fully saturated rings. The van der Waals surface area contributed by atoms with Gasteiger partial charge in [-0.2, -0.15) is 0 Å². The molecule has 0 radical (unpaired) electrons. The molecule has 1 aliphatic rings. The Morgan fingerprint density at radius 3 is 2.86 bits per heavy atom. The van der Waals surface area contributed by atoms with Crippen molar-refractivity contribution in [2.75, 3.05) is 19.0 Å². The number of anilines is 1. The van der Waals surface area contributed by atoms with E-state index in [1.165, 1.54) is 12.1 Å². The number of nitro benzene ring substituents is 1. The molecule has 2 N–H and O–H groups in total. The lowest BCUT2D eigenvalue weighted by Gasteiger charge is -2.28. The van der Waals surface area contributed by atoms with Crippen molar-refractivity contribution in [2.45, 2.75) is 38.4 Å². The average Bonchev–Trinajstić information content (AvgIpc) is 2.47. The van der Waals surface area contributed by atoms with Gasteiger partial charge in [0.25, 0.3) is 5.69 Å². The second kappa shape index (κ2) is 7.38. The van der Waals surface area contributed by atoms with Gasteiger partial charge in [-0.15, -0.1) is 0 Å². The van der Waals surface area contributed by atoms with Crippen LogP contribution in [0.4, 0.5) is 11.4 Å². The Bertz CT molecular complexity index is 493. The monoisotopic (exact) mass is 294 g/mol. The highest BCUT2D eigenvalue weighted by Crippen LogP contribution is 2.27. The number of non-ortho nitro benzene ring substituents is 1. The first-order valence-electron chi connectivity index (χ1n) is 7.30. The molecule has 21 heavy (non-hydrogen) atoms. The number of ether oxygens (including phenoxy) is 1. The van der Waals surface area contributed by atoms with E-state index in [0.717, 1.165) is 36.9 Å². The van der Waals surface area contributed by atoms with Crippen molar-refractivity contribution in [1.82, 2.24) is 0 Å². The summed E-state index contributed by atoms with van der Waals surface area (Å²) in [7, 11) is 1.56. The molecule has 2 atom stereocenters. The number of nitro groups is 1. The van der Waals surface area contributed by atoms with Crippen LogP contribution in [0.1, 0.15) is 31.2 Å². The van der Waals surface area contributed by atoms with Crippen LogP contribution in [0.2, 0.25) is 0 Å². The first kappa shape index (κ1) is 15.7. The lowest BCUT2D eigenvalue weighted by atomic mass is 9.86. The van der Waals surface area contributed by atoms with Crippen molar-refractivity contribution in [1.29, 1.82) is 0 Å². The second-order valence-electron chi connectivity index (χ2n) is 5.52. The summed E-state index contributed by atoms with van der Waals surface area (Å²) in [6.45, 7) is 0.993. The molecule has 0 aromatic heterocycles. The molecule has 1 aromatic carbocycles. The fourth-order valence-electron chi connectivity index (χ4n) is 2.81. The van der Waals surface area contributed by atoms with E-state index in [1.54, 1.807) is 13.2 Å². The van der Waals surface area contributed by atoms with Crippen LogP contribution in [-0.2, 0) is 11.3 Å². The van der Waals surface area contributed by atoms with E-state index in [0.29, 0.717) is 13.2 Å². The minimum absolute atomic E-state index is 0.0605. The van der Waals surface area contributed by atoms with E-state index in [9.17, 15) is 15.2 Å². The van der Waals surface area contributed by atoms with Crippen molar-refractivity contribution in [3.05, 3.63) is 33.9 Å². The maximum Gasteiger partial charge on any atom is 0.269 e. The Morgan fingerprint density at radius 1 is 1.43 bits per heavy atom. The maximum atomic E-state index is 10.8. The topological polar surface area (TPSA) is 84.6 Å². The van der Waals surface area contributed by atoms with Crippen molar-refractivity contribution in [3.8, 4) is 0 Å². The summed E-state index contributed by atoms with van der Waals surface area (Å²) in [5.74, 6) is 0.240. The van der Waals surface area contributed by atoms with Gasteiger partial charge in [0.15, 0.2) is 0 Å². The predicted molar refractivity (Wildman–Crippen MR) is 80.3 cm³/mol. The number of hydrogen-bond donors (Lipinski definition) is 2. The van der Waals surface area contributed by atoms with Crippen molar-refractivity contribution in [3.63, 3.8) is 0 Å². The van der Waals surface area contributed by atoms with Crippen LogP contribution in [0, 0.1) is 16.0 Å². The zero-order valence-corrected chi connectivity index (χ0v) is 12.2. The molecule has 2 rings (SSSR count). The fraction of sp³-hybridized carbons (Fsp3) is 0.600. The van der Waals surface area contributed by atoms with Gasteiger partial charge in [0.05, 0.1) is 17.6 Å². The van der Waals surface area contributed by atoms with Gasteiger partial charge < -0.3 is 15.2 Å². The molecule has 0 bridgehead atoms. The van der Waals surface area contributed by atoms with Crippen molar-refractivity contribution < 1.29 is 14.8 Å². The van der Waals surface area contributed by atoms with Gasteiger partial charge in [-0.05, 0) is 18.9 Å². The number of aliphatic hydroxyl groups excluding tert-OH is 1. The third kappa shape index (κ3) is 4.15. The zero-order chi connectivity index (χ0) is 15.2. The Labute approximate surface area is 124 Å². The molecule has 1 aromatic rings. The standard InChI is InChI=1S/C15H22N2O4/c1-21-10-12-8-13(17(19)20)6-7-14(12)16-9-11-4-2-3-5-15(11)18/h6-8,11,15-16,18H,2-5,9-10H2,1H3/t11-,15+/m1/s1. The van der Waals surface area contributed by atoms with Gasteiger partial charge in [0.1, 0.15) is 0 Å². The summed E-state index contributed by atoms with van der Waals surface area (Å²) >= 11 is 0. The minimum atomic E-state index is -0.409. The largest absolute Gasteiger partial charge is 0.393 e. The van der Waals surface area contributed by atoms with Crippen LogP contribution in [-0.4, -0.2) is 29.8 Å². The predicted octanol–water partition coefficient (Wildman–Crippen LogP) is 2.70. The third-order valence-corrected chi connectivity index (χ3v) is 4.02. The minimum Gasteiger partial charge on any atom is -0.393 e. The number of nitrogens with zero attached hydrogens (tertiary/aromatic N) is 1. The van der Waals surface area contributed by atoms with Gasteiger partial charge in [0, 0.05) is 43.0 Å². The van der Waals surface area contributed by atoms with Crippen LogP contribution < -0.4 is 5.32 Å². The summed E-state index contributed by atoms with van der Waals surface area (Å²) < 4.78 is 5.10. The SMILES string of the molecule is COCc1cc([N+](=O)[O-])ccc1NC[C@H]1CCCC[C@@H]1O. The molecule has 0 saturated heterocycles. The third-order valence-electron chi connectivity index (χ3n) is 4.02. The smallest absolute Gasteiger partial charge is 0.269 e. The number of benzene rings is 1. The summed E-state index contributed by atoms with van der Waals surface area (Å²) in [6, 6.07) is 4.73.